The molecule has 0 saturated heterocycles. The Bertz CT molecular complexity index is 652. The first kappa shape index (κ1) is 15.3. The molecule has 0 amide bonds. The third kappa shape index (κ3) is 3.51. The van der Waals surface area contributed by atoms with Gasteiger partial charge < -0.3 is 0 Å². The van der Waals surface area contributed by atoms with Crippen molar-refractivity contribution in [1.29, 1.82) is 0 Å². The average molecular weight is 292 g/mol. The molecule has 0 heterocycles. The first-order chi connectivity index (χ1) is 9.79. The largest absolute Gasteiger partial charge is 0.416 e. The molecule has 21 heavy (non-hydrogen) atoms. The van der Waals surface area contributed by atoms with E-state index < -0.39 is 11.7 Å². The molecule has 0 atom stereocenters. The summed E-state index contributed by atoms with van der Waals surface area (Å²) in [6.45, 7) is 3.78. The van der Waals surface area contributed by atoms with E-state index in [1.807, 2.05) is 32.0 Å². The van der Waals surface area contributed by atoms with E-state index in [4.69, 9.17) is 0 Å². The van der Waals surface area contributed by atoms with Crippen molar-refractivity contribution in [3.05, 3.63) is 70.3 Å². The van der Waals surface area contributed by atoms with Gasteiger partial charge in [0.05, 0.1) is 5.56 Å². The summed E-state index contributed by atoms with van der Waals surface area (Å²) in [6.07, 6.45) is -4.32. The lowest BCUT2D eigenvalue weighted by Gasteiger charge is -2.11. The summed E-state index contributed by atoms with van der Waals surface area (Å²) in [6, 6.07) is 10.2. The number of carbonyl (C=O) groups excluding carboxylic acids is 1. The van der Waals surface area contributed by atoms with E-state index in [-0.39, 0.29) is 17.8 Å². The molecule has 0 aliphatic heterocycles. The van der Waals surface area contributed by atoms with Crippen molar-refractivity contribution in [2.24, 2.45) is 0 Å². The number of hydrogen-bond donors (Lipinski definition) is 0. The maximum absolute atomic E-state index is 12.7. The fraction of sp³-hybridized carbons (Fsp3) is 0.235. The maximum atomic E-state index is 12.7. The van der Waals surface area contributed by atoms with Crippen LogP contribution in [-0.2, 0) is 12.6 Å². The van der Waals surface area contributed by atoms with E-state index in [0.717, 1.165) is 28.8 Å². The Morgan fingerprint density at radius 1 is 1.00 bits per heavy atom. The van der Waals surface area contributed by atoms with Gasteiger partial charge in [-0.05, 0) is 42.7 Å². The molecule has 1 nitrogen and oxygen atoms in total. The molecule has 0 aromatic heterocycles. The monoisotopic (exact) mass is 292 g/mol. The van der Waals surface area contributed by atoms with Gasteiger partial charge in [0.1, 0.15) is 0 Å². The van der Waals surface area contributed by atoms with Crippen molar-refractivity contribution >= 4 is 5.78 Å². The van der Waals surface area contributed by atoms with Crippen molar-refractivity contribution in [1.82, 2.24) is 0 Å². The average Bonchev–Trinajstić information content (AvgIpc) is 2.42. The molecule has 0 bridgehead atoms. The van der Waals surface area contributed by atoms with E-state index in [2.05, 4.69) is 0 Å². The van der Waals surface area contributed by atoms with Crippen LogP contribution < -0.4 is 0 Å². The Hall–Kier alpha value is -2.10. The van der Waals surface area contributed by atoms with E-state index in [1.165, 1.54) is 12.1 Å². The zero-order chi connectivity index (χ0) is 15.6. The Balaban J connectivity index is 2.29. The fourth-order valence-corrected chi connectivity index (χ4v) is 2.26. The van der Waals surface area contributed by atoms with Gasteiger partial charge in [0.25, 0.3) is 0 Å². The number of halogens is 3. The standard InChI is InChI=1S/C17H15F3O/c1-11-5-3-6-12(2)15(11)10-16(21)13-7-4-8-14(9-13)17(18,19)20/h3-9H,10H2,1-2H3. The number of benzene rings is 2. The normalized spacial score (nSPS) is 11.5. The summed E-state index contributed by atoms with van der Waals surface area (Å²) in [5.74, 6) is -0.307. The fourth-order valence-electron chi connectivity index (χ4n) is 2.26. The highest BCUT2D eigenvalue weighted by atomic mass is 19.4. The van der Waals surface area contributed by atoms with E-state index in [9.17, 15) is 18.0 Å². The number of ketones is 1. The van der Waals surface area contributed by atoms with Crippen LogP contribution in [0, 0.1) is 13.8 Å². The molecule has 0 aliphatic rings. The first-order valence-corrected chi connectivity index (χ1v) is 6.54. The SMILES string of the molecule is Cc1cccc(C)c1CC(=O)c1cccc(C(F)(F)F)c1. The number of hydrogen-bond acceptors (Lipinski definition) is 1. The molecule has 0 fully saturated rings. The van der Waals surface area contributed by atoms with Crippen LogP contribution >= 0.6 is 0 Å². The number of aryl methyl sites for hydroxylation is 2. The van der Waals surface area contributed by atoms with Gasteiger partial charge in [-0.15, -0.1) is 0 Å². The highest BCUT2D eigenvalue weighted by molar-refractivity contribution is 5.98. The summed E-state index contributed by atoms with van der Waals surface area (Å²) in [5.41, 5.74) is 2.10. The van der Waals surface area contributed by atoms with Crippen LogP contribution in [-0.4, -0.2) is 5.78 Å². The van der Waals surface area contributed by atoms with Crippen LogP contribution in [0.3, 0.4) is 0 Å². The second kappa shape index (κ2) is 5.72. The van der Waals surface area contributed by atoms with Crippen molar-refractivity contribution in [2.75, 3.05) is 0 Å². The quantitative estimate of drug-likeness (QED) is 0.746. The highest BCUT2D eigenvalue weighted by Crippen LogP contribution is 2.30. The number of carbonyl (C=O) groups is 1. The zero-order valence-corrected chi connectivity index (χ0v) is 11.8. The third-order valence-corrected chi connectivity index (χ3v) is 3.49. The molecule has 0 radical (unpaired) electrons. The summed E-state index contributed by atoms with van der Waals surface area (Å²) < 4.78 is 38.0. The Kier molecular flexibility index (Phi) is 4.16. The smallest absolute Gasteiger partial charge is 0.294 e. The van der Waals surface area contributed by atoms with Gasteiger partial charge >= 0.3 is 6.18 Å². The molecule has 0 aliphatic carbocycles. The van der Waals surface area contributed by atoms with Gasteiger partial charge in [-0.2, -0.15) is 13.2 Å². The van der Waals surface area contributed by atoms with Crippen molar-refractivity contribution in [2.45, 2.75) is 26.4 Å². The molecule has 2 aromatic rings. The summed E-state index contributed by atoms with van der Waals surface area (Å²) in [5, 5.41) is 0. The van der Waals surface area contributed by atoms with Crippen LogP contribution in [0.5, 0.6) is 0 Å². The van der Waals surface area contributed by atoms with E-state index in [0.29, 0.717) is 0 Å². The zero-order valence-electron chi connectivity index (χ0n) is 11.8. The molecule has 4 heteroatoms. The third-order valence-electron chi connectivity index (χ3n) is 3.49. The lowest BCUT2D eigenvalue weighted by atomic mass is 9.95. The molecule has 0 saturated carbocycles. The molecule has 2 aromatic carbocycles. The van der Waals surface area contributed by atoms with E-state index >= 15 is 0 Å². The minimum atomic E-state index is -4.44. The van der Waals surface area contributed by atoms with Crippen LogP contribution in [0.4, 0.5) is 13.2 Å². The molecule has 2 rings (SSSR count). The van der Waals surface area contributed by atoms with Gasteiger partial charge in [-0.1, -0.05) is 30.3 Å². The van der Waals surface area contributed by atoms with Gasteiger partial charge in [-0.25, -0.2) is 0 Å². The van der Waals surface area contributed by atoms with Crippen molar-refractivity contribution in [3.8, 4) is 0 Å². The topological polar surface area (TPSA) is 17.1 Å². The predicted octanol–water partition coefficient (Wildman–Crippen LogP) is 4.75. The molecular weight excluding hydrogens is 277 g/mol. The summed E-state index contributed by atoms with van der Waals surface area (Å²) in [7, 11) is 0. The highest BCUT2D eigenvalue weighted by Gasteiger charge is 2.30. The van der Waals surface area contributed by atoms with Crippen LogP contribution in [0.1, 0.15) is 32.6 Å². The molecular formula is C17H15F3O. The summed E-state index contributed by atoms with van der Waals surface area (Å²) >= 11 is 0. The Morgan fingerprint density at radius 3 is 2.14 bits per heavy atom. The summed E-state index contributed by atoms with van der Waals surface area (Å²) in [4.78, 5) is 12.2. The lowest BCUT2D eigenvalue weighted by molar-refractivity contribution is -0.137. The first-order valence-electron chi connectivity index (χ1n) is 6.54. The second-order valence-electron chi connectivity index (χ2n) is 5.05. The predicted molar refractivity (Wildman–Crippen MR) is 75.4 cm³/mol. The molecule has 0 unspecified atom stereocenters. The van der Waals surface area contributed by atoms with Crippen LogP contribution in [0.2, 0.25) is 0 Å². The minimum Gasteiger partial charge on any atom is -0.294 e. The second-order valence-corrected chi connectivity index (χ2v) is 5.05. The molecule has 0 spiro atoms. The van der Waals surface area contributed by atoms with Gasteiger partial charge in [0, 0.05) is 12.0 Å². The van der Waals surface area contributed by atoms with Gasteiger partial charge in [0.2, 0.25) is 0 Å². The minimum absolute atomic E-state index is 0.0903. The van der Waals surface area contributed by atoms with Crippen LogP contribution in [0.25, 0.3) is 0 Å². The number of Topliss-reactive ketones (excluding diaryl/α,β-unsaturated/α-hetero) is 1. The Labute approximate surface area is 121 Å². The van der Waals surface area contributed by atoms with Crippen LogP contribution in [0.15, 0.2) is 42.5 Å². The lowest BCUT2D eigenvalue weighted by Crippen LogP contribution is -2.10. The van der Waals surface area contributed by atoms with Crippen molar-refractivity contribution < 1.29 is 18.0 Å². The maximum Gasteiger partial charge on any atom is 0.416 e. The van der Waals surface area contributed by atoms with Gasteiger partial charge in [0.15, 0.2) is 5.78 Å². The van der Waals surface area contributed by atoms with Crippen molar-refractivity contribution in [3.63, 3.8) is 0 Å². The van der Waals surface area contributed by atoms with Gasteiger partial charge in [-0.3, -0.25) is 4.79 Å². The number of rotatable bonds is 3. The van der Waals surface area contributed by atoms with E-state index in [1.54, 1.807) is 0 Å². The number of alkyl halides is 3. The molecule has 0 N–H and O–H groups in total. The Morgan fingerprint density at radius 2 is 1.57 bits per heavy atom. The molecule has 110 valence electrons.